The van der Waals surface area contributed by atoms with Gasteiger partial charge in [-0.2, -0.15) is 11.8 Å². The fourth-order valence-corrected chi connectivity index (χ4v) is 3.00. The van der Waals surface area contributed by atoms with Crippen molar-refractivity contribution in [3.63, 3.8) is 0 Å². The van der Waals surface area contributed by atoms with Gasteiger partial charge in [0.15, 0.2) is 0 Å². The van der Waals surface area contributed by atoms with Crippen LogP contribution in [0.4, 0.5) is 0 Å². The lowest BCUT2D eigenvalue weighted by molar-refractivity contribution is 0.527. The molecule has 1 N–H and O–H groups in total. The van der Waals surface area contributed by atoms with Gasteiger partial charge in [-0.25, -0.2) is 0 Å². The third-order valence-electron chi connectivity index (χ3n) is 3.45. The van der Waals surface area contributed by atoms with E-state index in [1.54, 1.807) is 0 Å². The lowest BCUT2D eigenvalue weighted by Crippen LogP contribution is -2.17. The van der Waals surface area contributed by atoms with Crippen LogP contribution in [0.15, 0.2) is 18.5 Å². The summed E-state index contributed by atoms with van der Waals surface area (Å²) in [5, 5.41) is 3.45. The molecule has 1 atom stereocenters. The first-order valence-electron chi connectivity index (χ1n) is 6.75. The van der Waals surface area contributed by atoms with Crippen molar-refractivity contribution < 1.29 is 0 Å². The summed E-state index contributed by atoms with van der Waals surface area (Å²) in [6.07, 6.45) is 8.63. The van der Waals surface area contributed by atoms with Gasteiger partial charge in [0.25, 0.3) is 0 Å². The highest BCUT2D eigenvalue weighted by molar-refractivity contribution is 7.99. The van der Waals surface area contributed by atoms with Crippen LogP contribution >= 0.6 is 11.8 Å². The Morgan fingerprint density at radius 1 is 1.53 bits per heavy atom. The zero-order chi connectivity index (χ0) is 12.1. The Morgan fingerprint density at radius 3 is 3.00 bits per heavy atom. The molecular formula is C14H24N2S. The van der Waals surface area contributed by atoms with Crippen LogP contribution < -0.4 is 5.32 Å². The maximum absolute atomic E-state index is 3.45. The van der Waals surface area contributed by atoms with E-state index >= 15 is 0 Å². The van der Waals surface area contributed by atoms with E-state index in [1.807, 2.05) is 11.8 Å². The van der Waals surface area contributed by atoms with Crippen molar-refractivity contribution >= 4 is 11.8 Å². The van der Waals surface area contributed by atoms with Crippen LogP contribution in [-0.4, -0.2) is 23.1 Å². The van der Waals surface area contributed by atoms with E-state index in [0.29, 0.717) is 6.04 Å². The topological polar surface area (TPSA) is 17.0 Å². The molecule has 0 saturated heterocycles. The molecular weight excluding hydrogens is 228 g/mol. The molecule has 1 aliphatic rings. The third kappa shape index (κ3) is 3.78. The molecule has 1 saturated carbocycles. The van der Waals surface area contributed by atoms with Crippen LogP contribution in [-0.2, 0) is 6.54 Å². The third-order valence-corrected chi connectivity index (χ3v) is 4.43. The molecule has 0 bridgehead atoms. The molecule has 0 aliphatic heterocycles. The van der Waals surface area contributed by atoms with Gasteiger partial charge in [-0.3, -0.25) is 0 Å². The molecule has 1 unspecified atom stereocenters. The standard InChI is InChI=1S/C14H24N2S/c1-3-17-10-4-8-16-9-7-13(11-16)14(15-2)12-5-6-12/h7,9,11-12,14-15H,3-6,8,10H2,1-2H3. The maximum Gasteiger partial charge on any atom is 0.0361 e. The molecule has 3 heteroatoms. The number of rotatable bonds is 8. The van der Waals surface area contributed by atoms with E-state index in [2.05, 4.69) is 42.3 Å². The van der Waals surface area contributed by atoms with Gasteiger partial charge in [0.1, 0.15) is 0 Å². The number of hydrogen-bond acceptors (Lipinski definition) is 2. The Balaban J connectivity index is 1.82. The average Bonchev–Trinajstić information content (AvgIpc) is 3.06. The molecule has 0 radical (unpaired) electrons. The number of hydrogen-bond donors (Lipinski definition) is 1. The Morgan fingerprint density at radius 2 is 2.35 bits per heavy atom. The van der Waals surface area contributed by atoms with Crippen LogP contribution in [0, 0.1) is 5.92 Å². The smallest absolute Gasteiger partial charge is 0.0361 e. The molecule has 1 aromatic rings. The monoisotopic (exact) mass is 252 g/mol. The van der Waals surface area contributed by atoms with E-state index in [-0.39, 0.29) is 0 Å². The fraction of sp³-hybridized carbons (Fsp3) is 0.714. The van der Waals surface area contributed by atoms with Gasteiger partial charge < -0.3 is 9.88 Å². The molecule has 1 heterocycles. The summed E-state index contributed by atoms with van der Waals surface area (Å²) in [6.45, 7) is 3.39. The van der Waals surface area contributed by atoms with E-state index in [1.165, 1.54) is 36.3 Å². The summed E-state index contributed by atoms with van der Waals surface area (Å²) in [7, 11) is 2.08. The van der Waals surface area contributed by atoms with Gasteiger partial charge in [0, 0.05) is 25.0 Å². The van der Waals surface area contributed by atoms with E-state index < -0.39 is 0 Å². The summed E-state index contributed by atoms with van der Waals surface area (Å²) >= 11 is 2.03. The van der Waals surface area contributed by atoms with Crippen molar-refractivity contribution in [3.8, 4) is 0 Å². The lowest BCUT2D eigenvalue weighted by Gasteiger charge is -2.13. The summed E-state index contributed by atoms with van der Waals surface area (Å²) in [4.78, 5) is 0. The van der Waals surface area contributed by atoms with Gasteiger partial charge in [0.05, 0.1) is 0 Å². The van der Waals surface area contributed by atoms with Gasteiger partial charge in [-0.05, 0) is 55.4 Å². The maximum atomic E-state index is 3.45. The highest BCUT2D eigenvalue weighted by Gasteiger charge is 2.31. The van der Waals surface area contributed by atoms with Gasteiger partial charge in [-0.1, -0.05) is 6.92 Å². The predicted octanol–water partition coefficient (Wildman–Crippen LogP) is 3.30. The number of aryl methyl sites for hydroxylation is 1. The van der Waals surface area contributed by atoms with Crippen LogP contribution in [0.25, 0.3) is 0 Å². The van der Waals surface area contributed by atoms with Gasteiger partial charge in [0.2, 0.25) is 0 Å². The Bertz CT molecular complexity index is 331. The molecule has 96 valence electrons. The van der Waals surface area contributed by atoms with E-state index in [0.717, 1.165) is 12.5 Å². The molecule has 0 spiro atoms. The number of nitrogens with one attached hydrogen (secondary N) is 1. The molecule has 17 heavy (non-hydrogen) atoms. The number of nitrogens with zero attached hydrogens (tertiary/aromatic N) is 1. The van der Waals surface area contributed by atoms with Crippen LogP contribution in [0.1, 0.15) is 37.8 Å². The van der Waals surface area contributed by atoms with Crippen LogP contribution in [0.2, 0.25) is 0 Å². The predicted molar refractivity (Wildman–Crippen MR) is 76.6 cm³/mol. The highest BCUT2D eigenvalue weighted by Crippen LogP contribution is 2.40. The highest BCUT2D eigenvalue weighted by atomic mass is 32.2. The first-order valence-corrected chi connectivity index (χ1v) is 7.91. The van der Waals surface area contributed by atoms with E-state index in [9.17, 15) is 0 Å². The molecule has 2 nitrogen and oxygen atoms in total. The Kier molecular flexibility index (Phi) is 4.99. The van der Waals surface area contributed by atoms with Gasteiger partial charge >= 0.3 is 0 Å². The summed E-state index contributed by atoms with van der Waals surface area (Å²) < 4.78 is 2.35. The van der Waals surface area contributed by atoms with Crippen molar-refractivity contribution in [2.75, 3.05) is 18.6 Å². The average molecular weight is 252 g/mol. The Hall–Kier alpha value is -0.410. The summed E-state index contributed by atoms with van der Waals surface area (Å²) in [5.41, 5.74) is 1.47. The largest absolute Gasteiger partial charge is 0.354 e. The lowest BCUT2D eigenvalue weighted by atomic mass is 10.1. The normalized spacial score (nSPS) is 17.3. The van der Waals surface area contributed by atoms with Crippen molar-refractivity contribution in [2.45, 2.75) is 38.8 Å². The van der Waals surface area contributed by atoms with Crippen molar-refractivity contribution in [1.29, 1.82) is 0 Å². The Labute approximate surface area is 109 Å². The van der Waals surface area contributed by atoms with Crippen molar-refractivity contribution in [3.05, 3.63) is 24.0 Å². The second kappa shape index (κ2) is 6.50. The molecule has 0 amide bonds. The molecule has 0 aromatic carbocycles. The molecule has 1 fully saturated rings. The van der Waals surface area contributed by atoms with E-state index in [4.69, 9.17) is 0 Å². The quantitative estimate of drug-likeness (QED) is 0.715. The summed E-state index contributed by atoms with van der Waals surface area (Å²) in [5.74, 6) is 3.40. The van der Waals surface area contributed by atoms with Crippen LogP contribution in [0.5, 0.6) is 0 Å². The summed E-state index contributed by atoms with van der Waals surface area (Å²) in [6, 6.07) is 2.87. The SMILES string of the molecule is CCSCCCn1ccc(C(NC)C2CC2)c1. The number of aromatic nitrogens is 1. The first-order chi connectivity index (χ1) is 8.35. The molecule has 2 rings (SSSR count). The molecule has 1 aromatic heterocycles. The van der Waals surface area contributed by atoms with Crippen molar-refractivity contribution in [1.82, 2.24) is 9.88 Å². The second-order valence-corrected chi connectivity index (χ2v) is 6.23. The van der Waals surface area contributed by atoms with Crippen LogP contribution in [0.3, 0.4) is 0 Å². The minimum Gasteiger partial charge on any atom is -0.354 e. The zero-order valence-electron chi connectivity index (χ0n) is 11.0. The molecule has 1 aliphatic carbocycles. The van der Waals surface area contributed by atoms with Crippen molar-refractivity contribution in [2.24, 2.45) is 5.92 Å². The second-order valence-electron chi connectivity index (χ2n) is 4.84. The minimum absolute atomic E-state index is 0.585. The van der Waals surface area contributed by atoms with Gasteiger partial charge in [-0.15, -0.1) is 0 Å². The first kappa shape index (κ1) is 13.0. The zero-order valence-corrected chi connectivity index (χ0v) is 11.8. The number of thioether (sulfide) groups is 1. The minimum atomic E-state index is 0.585. The fourth-order valence-electron chi connectivity index (χ4n) is 2.38.